The predicted octanol–water partition coefficient (Wildman–Crippen LogP) is 3.23. The molecule has 2 heteroatoms. The maximum atomic E-state index is 4.08. The van der Waals surface area contributed by atoms with Crippen LogP contribution >= 0.6 is 35.2 Å². The van der Waals surface area contributed by atoms with Crippen molar-refractivity contribution in [3.63, 3.8) is 0 Å². The minimum atomic E-state index is 0.798. The van der Waals surface area contributed by atoms with Crippen molar-refractivity contribution in [2.45, 2.75) is 0 Å². The van der Waals surface area contributed by atoms with Gasteiger partial charge in [-0.1, -0.05) is 24.3 Å². The zero-order valence-electron chi connectivity index (χ0n) is 6.00. The molecule has 1 aromatic rings. The molecule has 11 heavy (non-hydrogen) atoms. The number of rotatable bonds is 2. The van der Waals surface area contributed by atoms with Crippen LogP contribution in [0.1, 0.15) is 5.56 Å². The Bertz CT molecular complexity index is 238. The highest BCUT2D eigenvalue weighted by Crippen LogP contribution is 2.07. The number of halogens is 1. The van der Waals surface area contributed by atoms with E-state index in [0.717, 1.165) is 5.75 Å². The fraction of sp³-hybridized carbons (Fsp3) is 0.111. The molecule has 0 atom stereocenters. The molecule has 0 spiro atoms. The van der Waals surface area contributed by atoms with E-state index in [4.69, 9.17) is 0 Å². The Kier molecular flexibility index (Phi) is 4.01. The van der Waals surface area contributed by atoms with Gasteiger partial charge in [-0.05, 0) is 40.3 Å². The molecule has 0 aliphatic rings. The number of benzene rings is 1. The maximum absolute atomic E-state index is 4.08. The van der Waals surface area contributed by atoms with Gasteiger partial charge in [0, 0.05) is 9.32 Å². The predicted molar refractivity (Wildman–Crippen MR) is 62.0 cm³/mol. The van der Waals surface area contributed by atoms with Crippen LogP contribution < -0.4 is 0 Å². The van der Waals surface area contributed by atoms with Gasteiger partial charge in [-0.3, -0.25) is 0 Å². The lowest BCUT2D eigenvalue weighted by molar-refractivity contribution is 1.60. The first-order chi connectivity index (χ1) is 5.33. The van der Waals surface area contributed by atoms with Crippen LogP contribution in [0.2, 0.25) is 0 Å². The fourth-order valence-corrected chi connectivity index (χ4v) is 1.23. The van der Waals surface area contributed by atoms with Crippen LogP contribution in [-0.4, -0.2) is 5.75 Å². The summed E-state index contributed by atoms with van der Waals surface area (Å²) in [5, 5.41) is 0. The molecule has 0 fully saturated rings. The molecule has 0 aliphatic carbocycles. The zero-order chi connectivity index (χ0) is 8.10. The van der Waals surface area contributed by atoms with Gasteiger partial charge in [0.05, 0.1) is 0 Å². The molecular formula is C9H9IS. The Balaban J connectivity index is 2.73. The summed E-state index contributed by atoms with van der Waals surface area (Å²) in [5.41, 5.74) is 1.24. The van der Waals surface area contributed by atoms with E-state index in [1.165, 1.54) is 9.13 Å². The normalized spacial score (nSPS) is 10.7. The topological polar surface area (TPSA) is 0 Å². The highest BCUT2D eigenvalue weighted by atomic mass is 127. The summed E-state index contributed by atoms with van der Waals surface area (Å²) in [6, 6.07) is 8.39. The molecule has 0 saturated carbocycles. The molecule has 0 aliphatic heterocycles. The third-order valence-corrected chi connectivity index (χ3v) is 2.22. The Morgan fingerprint density at radius 3 is 2.45 bits per heavy atom. The van der Waals surface area contributed by atoms with Crippen LogP contribution in [0.15, 0.2) is 30.3 Å². The molecular weight excluding hydrogens is 267 g/mol. The van der Waals surface area contributed by atoms with Crippen LogP contribution in [0.25, 0.3) is 6.08 Å². The molecule has 1 rings (SSSR count). The molecule has 0 N–H and O–H groups in total. The van der Waals surface area contributed by atoms with Gasteiger partial charge < -0.3 is 0 Å². The summed E-state index contributed by atoms with van der Waals surface area (Å²) in [7, 11) is 0. The van der Waals surface area contributed by atoms with Crippen molar-refractivity contribution in [3.05, 3.63) is 39.5 Å². The van der Waals surface area contributed by atoms with Gasteiger partial charge in [-0.2, -0.15) is 12.6 Å². The van der Waals surface area contributed by atoms with Gasteiger partial charge in [0.1, 0.15) is 0 Å². The first kappa shape index (κ1) is 9.13. The van der Waals surface area contributed by atoms with E-state index in [1.807, 2.05) is 6.08 Å². The van der Waals surface area contributed by atoms with E-state index in [2.05, 4.69) is 65.6 Å². The summed E-state index contributed by atoms with van der Waals surface area (Å²) in [6.45, 7) is 0. The van der Waals surface area contributed by atoms with Crippen molar-refractivity contribution in [1.29, 1.82) is 0 Å². The molecule has 0 heterocycles. The van der Waals surface area contributed by atoms with E-state index in [9.17, 15) is 0 Å². The zero-order valence-corrected chi connectivity index (χ0v) is 9.05. The molecule has 0 radical (unpaired) electrons. The van der Waals surface area contributed by atoms with Gasteiger partial charge in [0.2, 0.25) is 0 Å². The van der Waals surface area contributed by atoms with Crippen LogP contribution in [0, 0.1) is 3.57 Å². The molecule has 0 unspecified atom stereocenters. The smallest absolute Gasteiger partial charge is 0.0130 e. The van der Waals surface area contributed by atoms with E-state index in [1.54, 1.807) is 0 Å². The Morgan fingerprint density at radius 2 is 1.91 bits per heavy atom. The van der Waals surface area contributed by atoms with Gasteiger partial charge >= 0.3 is 0 Å². The van der Waals surface area contributed by atoms with E-state index >= 15 is 0 Å². The fourth-order valence-electron chi connectivity index (χ4n) is 0.763. The standard InChI is InChI=1S/C9H9IS/c10-9-5-3-8(4-6-9)2-1-7-11/h1-6,11H,7H2. The second-order valence-corrected chi connectivity index (χ2v) is 3.75. The summed E-state index contributed by atoms with van der Waals surface area (Å²) >= 11 is 6.38. The molecule has 0 nitrogen and oxygen atoms in total. The van der Waals surface area contributed by atoms with Crippen LogP contribution in [0.5, 0.6) is 0 Å². The van der Waals surface area contributed by atoms with Crippen molar-refractivity contribution >= 4 is 41.3 Å². The summed E-state index contributed by atoms with van der Waals surface area (Å²) in [5.74, 6) is 0.798. The summed E-state index contributed by atoms with van der Waals surface area (Å²) < 4.78 is 1.27. The van der Waals surface area contributed by atoms with Gasteiger partial charge in [0.15, 0.2) is 0 Å². The first-order valence-corrected chi connectivity index (χ1v) is 5.07. The Morgan fingerprint density at radius 1 is 1.27 bits per heavy atom. The highest BCUT2D eigenvalue weighted by Gasteiger charge is 1.85. The second-order valence-electron chi connectivity index (χ2n) is 2.14. The number of thiol groups is 1. The van der Waals surface area contributed by atoms with Crippen molar-refractivity contribution in [1.82, 2.24) is 0 Å². The molecule has 0 bridgehead atoms. The molecule has 0 amide bonds. The highest BCUT2D eigenvalue weighted by molar-refractivity contribution is 14.1. The van der Waals surface area contributed by atoms with Gasteiger partial charge in [-0.15, -0.1) is 0 Å². The van der Waals surface area contributed by atoms with E-state index in [-0.39, 0.29) is 0 Å². The summed E-state index contributed by atoms with van der Waals surface area (Å²) in [4.78, 5) is 0. The molecule has 0 aromatic heterocycles. The quantitative estimate of drug-likeness (QED) is 0.622. The lowest BCUT2D eigenvalue weighted by atomic mass is 10.2. The third kappa shape index (κ3) is 3.29. The monoisotopic (exact) mass is 276 g/mol. The van der Waals surface area contributed by atoms with Crippen LogP contribution in [-0.2, 0) is 0 Å². The van der Waals surface area contributed by atoms with Crippen LogP contribution in [0.3, 0.4) is 0 Å². The summed E-state index contributed by atoms with van der Waals surface area (Å²) in [6.07, 6.45) is 4.11. The second kappa shape index (κ2) is 4.83. The lowest BCUT2D eigenvalue weighted by Crippen LogP contribution is -1.72. The third-order valence-electron chi connectivity index (χ3n) is 1.29. The lowest BCUT2D eigenvalue weighted by Gasteiger charge is -1.92. The number of hydrogen-bond donors (Lipinski definition) is 1. The van der Waals surface area contributed by atoms with Crippen molar-refractivity contribution in [2.75, 3.05) is 5.75 Å². The largest absolute Gasteiger partial charge is 0.175 e. The molecule has 0 saturated heterocycles. The van der Waals surface area contributed by atoms with Gasteiger partial charge in [-0.25, -0.2) is 0 Å². The maximum Gasteiger partial charge on any atom is 0.0130 e. The minimum Gasteiger partial charge on any atom is -0.175 e. The Labute approximate surface area is 86.3 Å². The van der Waals surface area contributed by atoms with E-state index < -0.39 is 0 Å². The van der Waals surface area contributed by atoms with Crippen LogP contribution in [0.4, 0.5) is 0 Å². The average molecular weight is 276 g/mol. The van der Waals surface area contributed by atoms with E-state index in [0.29, 0.717) is 0 Å². The van der Waals surface area contributed by atoms with Crippen molar-refractivity contribution in [3.8, 4) is 0 Å². The van der Waals surface area contributed by atoms with Crippen molar-refractivity contribution < 1.29 is 0 Å². The first-order valence-electron chi connectivity index (χ1n) is 3.36. The molecule has 58 valence electrons. The number of hydrogen-bond acceptors (Lipinski definition) is 1. The van der Waals surface area contributed by atoms with Gasteiger partial charge in [0.25, 0.3) is 0 Å². The average Bonchev–Trinajstić information content (AvgIpc) is 2.04. The Hall–Kier alpha value is 0.0400. The SMILES string of the molecule is SCC=Cc1ccc(I)cc1. The van der Waals surface area contributed by atoms with Crippen molar-refractivity contribution in [2.24, 2.45) is 0 Å². The minimum absolute atomic E-state index is 0.798. The molecule has 1 aromatic carbocycles.